The van der Waals surface area contributed by atoms with Crippen molar-refractivity contribution in [3.05, 3.63) is 53.6 Å². The van der Waals surface area contributed by atoms with Crippen LogP contribution in [0.25, 0.3) is 10.9 Å². The lowest BCUT2D eigenvalue weighted by Gasteiger charge is -2.47. The van der Waals surface area contributed by atoms with Crippen LogP contribution in [0.4, 0.5) is 0 Å². The molecular formula is C52H76N2O12. The van der Waals surface area contributed by atoms with E-state index in [1.54, 1.807) is 67.0 Å². The molecule has 5 atom stereocenters. The van der Waals surface area contributed by atoms with Crippen LogP contribution < -0.4 is 9.47 Å². The SMILES string of the molecule is CC(C)(C)C(=O)C[C@@H]1[C@@H](CC(=O)C(C)(C)C)[C@H](Oc2nn(CCOC(=O)C(C)(C)C)c3cccc(CCc4ccc(OCCO)cc4)c23)O[C@H](COC(=O)C(C)(C)C)[C@H]1OC(=O)C(C)(C)C. The van der Waals surface area contributed by atoms with E-state index in [2.05, 4.69) is 0 Å². The van der Waals surface area contributed by atoms with Gasteiger partial charge in [0.05, 0.1) is 40.3 Å². The Kier molecular flexibility index (Phi) is 17.5. The van der Waals surface area contributed by atoms with E-state index in [-0.39, 0.29) is 69.2 Å². The highest BCUT2D eigenvalue weighted by atomic mass is 16.7. The molecule has 1 saturated heterocycles. The van der Waals surface area contributed by atoms with Crippen molar-refractivity contribution in [2.45, 2.75) is 155 Å². The van der Waals surface area contributed by atoms with Crippen LogP contribution in [0, 0.1) is 38.9 Å². The van der Waals surface area contributed by atoms with Gasteiger partial charge >= 0.3 is 17.9 Å². The second-order valence-corrected chi connectivity index (χ2v) is 22.7. The number of hydrogen-bond donors (Lipinski definition) is 1. The molecule has 0 unspecified atom stereocenters. The van der Waals surface area contributed by atoms with Crippen molar-refractivity contribution in [1.29, 1.82) is 0 Å². The number of aliphatic hydroxyl groups excluding tert-OH is 1. The smallest absolute Gasteiger partial charge is 0.311 e. The lowest BCUT2D eigenvalue weighted by Crippen LogP contribution is -2.58. The Morgan fingerprint density at radius 1 is 0.667 bits per heavy atom. The largest absolute Gasteiger partial charge is 0.491 e. The van der Waals surface area contributed by atoms with Crippen LogP contribution >= 0.6 is 0 Å². The number of Topliss-reactive ketones (excluding diaryl/α,β-unsaturated/α-hetero) is 2. The molecule has 66 heavy (non-hydrogen) atoms. The molecule has 1 fully saturated rings. The number of aromatic nitrogens is 2. The monoisotopic (exact) mass is 921 g/mol. The van der Waals surface area contributed by atoms with Gasteiger partial charge in [-0.3, -0.25) is 28.7 Å². The summed E-state index contributed by atoms with van der Waals surface area (Å²) in [6, 6.07) is 13.5. The molecule has 1 aliphatic heterocycles. The average Bonchev–Trinajstić information content (AvgIpc) is 3.55. The highest BCUT2D eigenvalue weighted by molar-refractivity contribution is 5.88. The first-order valence-electron chi connectivity index (χ1n) is 23.2. The number of ketones is 2. The van der Waals surface area contributed by atoms with Crippen molar-refractivity contribution in [2.75, 3.05) is 26.4 Å². The normalized spacial score (nSPS) is 19.5. The number of rotatable bonds is 18. The highest BCUT2D eigenvalue weighted by Gasteiger charge is 2.53. The minimum atomic E-state index is -1.25. The van der Waals surface area contributed by atoms with E-state index < -0.39 is 69.3 Å². The molecule has 366 valence electrons. The van der Waals surface area contributed by atoms with Gasteiger partial charge in [0.15, 0.2) is 0 Å². The van der Waals surface area contributed by atoms with Crippen LogP contribution in [0.2, 0.25) is 0 Å². The van der Waals surface area contributed by atoms with E-state index in [0.717, 1.165) is 11.1 Å². The number of benzene rings is 2. The van der Waals surface area contributed by atoms with Crippen molar-refractivity contribution in [1.82, 2.24) is 9.78 Å². The Morgan fingerprint density at radius 2 is 1.23 bits per heavy atom. The van der Waals surface area contributed by atoms with Crippen molar-refractivity contribution >= 4 is 40.4 Å². The van der Waals surface area contributed by atoms with Gasteiger partial charge in [0.2, 0.25) is 12.2 Å². The maximum absolute atomic E-state index is 14.2. The molecule has 0 bridgehead atoms. The zero-order valence-corrected chi connectivity index (χ0v) is 42.1. The summed E-state index contributed by atoms with van der Waals surface area (Å²) in [6.07, 6.45) is -2.47. The fourth-order valence-electron chi connectivity index (χ4n) is 7.18. The third kappa shape index (κ3) is 14.6. The number of ether oxygens (including phenoxy) is 6. The summed E-state index contributed by atoms with van der Waals surface area (Å²) in [5, 5.41) is 14.8. The van der Waals surface area contributed by atoms with Crippen LogP contribution in [-0.4, -0.2) is 89.3 Å². The molecule has 0 amide bonds. The molecular weight excluding hydrogens is 845 g/mol. The van der Waals surface area contributed by atoms with E-state index >= 15 is 0 Å². The number of carbonyl (C=O) groups is 5. The zero-order chi connectivity index (χ0) is 49.6. The van der Waals surface area contributed by atoms with Gasteiger partial charge in [-0.05, 0) is 104 Å². The number of aliphatic hydroxyl groups is 1. The van der Waals surface area contributed by atoms with Gasteiger partial charge in [-0.2, -0.15) is 0 Å². The summed E-state index contributed by atoms with van der Waals surface area (Å²) >= 11 is 0. The van der Waals surface area contributed by atoms with E-state index in [1.165, 1.54) is 0 Å². The third-order valence-corrected chi connectivity index (χ3v) is 11.5. The van der Waals surface area contributed by atoms with Gasteiger partial charge in [0.1, 0.15) is 49.3 Å². The van der Waals surface area contributed by atoms with E-state index in [4.69, 9.17) is 33.5 Å². The predicted molar refractivity (Wildman–Crippen MR) is 251 cm³/mol. The molecule has 4 rings (SSSR count). The van der Waals surface area contributed by atoms with Crippen LogP contribution in [0.15, 0.2) is 42.5 Å². The number of esters is 3. The van der Waals surface area contributed by atoms with Gasteiger partial charge in [-0.25, -0.2) is 0 Å². The topological polar surface area (TPSA) is 179 Å². The molecule has 0 radical (unpaired) electrons. The summed E-state index contributed by atoms with van der Waals surface area (Å²) < 4.78 is 39.0. The Bertz CT molecular complexity index is 2160. The first-order chi connectivity index (χ1) is 30.4. The third-order valence-electron chi connectivity index (χ3n) is 11.5. The molecule has 0 aliphatic carbocycles. The number of hydrogen-bond acceptors (Lipinski definition) is 13. The molecule has 14 heteroatoms. The lowest BCUT2D eigenvalue weighted by atomic mass is 9.71. The first-order valence-corrected chi connectivity index (χ1v) is 23.2. The molecule has 1 aromatic heterocycles. The summed E-state index contributed by atoms with van der Waals surface area (Å²) in [5.41, 5.74) is -1.49. The van der Waals surface area contributed by atoms with Gasteiger partial charge < -0.3 is 33.5 Å². The van der Waals surface area contributed by atoms with Crippen molar-refractivity contribution in [3.8, 4) is 11.6 Å². The molecule has 2 aromatic carbocycles. The summed E-state index contributed by atoms with van der Waals surface area (Å²) in [7, 11) is 0. The summed E-state index contributed by atoms with van der Waals surface area (Å²) in [4.78, 5) is 68.3. The fraction of sp³-hybridized carbons (Fsp3) is 0.654. The van der Waals surface area contributed by atoms with Crippen LogP contribution in [0.1, 0.15) is 128 Å². The Labute approximate surface area is 391 Å². The maximum atomic E-state index is 14.2. The van der Waals surface area contributed by atoms with Crippen LogP contribution in [-0.2, 0) is 62.3 Å². The quantitative estimate of drug-likeness (QED) is 0.0947. The Hall–Kier alpha value is -4.82. The first kappa shape index (κ1) is 53.8. The van der Waals surface area contributed by atoms with Crippen molar-refractivity contribution < 1.29 is 57.5 Å². The second kappa shape index (κ2) is 21.4. The molecule has 2 heterocycles. The van der Waals surface area contributed by atoms with Gasteiger partial charge in [0.25, 0.3) is 0 Å². The zero-order valence-electron chi connectivity index (χ0n) is 42.1. The number of carbonyl (C=O) groups excluding carboxylic acids is 5. The number of fused-ring (bicyclic) bond motifs is 1. The molecule has 3 aromatic rings. The molecule has 1 N–H and O–H groups in total. The predicted octanol–water partition coefficient (Wildman–Crippen LogP) is 8.68. The van der Waals surface area contributed by atoms with Gasteiger partial charge in [-0.15, -0.1) is 5.10 Å². The maximum Gasteiger partial charge on any atom is 0.311 e. The van der Waals surface area contributed by atoms with Crippen molar-refractivity contribution in [2.24, 2.45) is 38.9 Å². The average molecular weight is 921 g/mol. The lowest BCUT2D eigenvalue weighted by molar-refractivity contribution is -0.258. The minimum absolute atomic E-state index is 0.0307. The summed E-state index contributed by atoms with van der Waals surface area (Å²) in [6.45, 7) is 26.6. The Balaban J connectivity index is 1.91. The molecule has 14 nitrogen and oxygen atoms in total. The van der Waals surface area contributed by atoms with Gasteiger partial charge in [0, 0.05) is 35.5 Å². The van der Waals surface area contributed by atoms with E-state index in [0.29, 0.717) is 29.5 Å². The molecule has 1 aliphatic rings. The Morgan fingerprint density at radius 3 is 1.77 bits per heavy atom. The second-order valence-electron chi connectivity index (χ2n) is 22.7. The van der Waals surface area contributed by atoms with E-state index in [9.17, 15) is 29.1 Å². The van der Waals surface area contributed by atoms with Crippen LogP contribution in [0.3, 0.4) is 0 Å². The van der Waals surface area contributed by atoms with Crippen LogP contribution in [0.5, 0.6) is 11.6 Å². The number of nitrogens with zero attached hydrogens (tertiary/aromatic N) is 2. The minimum Gasteiger partial charge on any atom is -0.491 e. The summed E-state index contributed by atoms with van der Waals surface area (Å²) in [5.74, 6) is -2.50. The highest BCUT2D eigenvalue weighted by Crippen LogP contribution is 2.43. The van der Waals surface area contributed by atoms with Crippen molar-refractivity contribution in [3.63, 3.8) is 0 Å². The standard InChI is InChI=1S/C52H76N2O12/c1-48(2,3)39(56)29-35-36(30-40(57)49(4,5)6)44(64-38(31-63-46(59)51(10,11)12)42(35)65-47(60)52(13,14)15)66-43-41-33(22-19-32-20-23-34(24-21-32)61-28-26-55)17-16-18-37(41)54(53-43)25-27-62-45(58)50(7,8)9/h16-18,20-21,23-24,35-36,38,42,44,55H,19,22,25-31H2,1-15H3/t35-,36-,38-,42+,44+/m1/s1. The molecule has 0 saturated carbocycles. The van der Waals surface area contributed by atoms with Gasteiger partial charge in [-0.1, -0.05) is 65.8 Å². The molecule has 0 spiro atoms. The fourth-order valence-corrected chi connectivity index (χ4v) is 7.18. The van der Waals surface area contributed by atoms with E-state index in [1.807, 2.05) is 84.0 Å². The number of aryl methyl sites for hydroxylation is 2.